The summed E-state index contributed by atoms with van der Waals surface area (Å²) in [5.41, 5.74) is 1.09. The highest BCUT2D eigenvalue weighted by Crippen LogP contribution is 2.30. The quantitative estimate of drug-likeness (QED) is 0.525. The van der Waals surface area contributed by atoms with E-state index in [-0.39, 0.29) is 0 Å². The highest BCUT2D eigenvalue weighted by Gasteiger charge is 2.18. The minimum Gasteiger partial charge on any atom is -0.381 e. The van der Waals surface area contributed by atoms with Crippen LogP contribution in [-0.2, 0) is 0 Å². The monoisotopic (exact) mass is 377 g/mol. The Kier molecular flexibility index (Phi) is 5.61. The lowest BCUT2D eigenvalue weighted by atomic mass is 9.98. The zero-order valence-electron chi connectivity index (χ0n) is 10.9. The van der Waals surface area contributed by atoms with Crippen molar-refractivity contribution in [2.75, 3.05) is 5.32 Å². The van der Waals surface area contributed by atoms with Gasteiger partial charge in [-0.15, -0.1) is 0 Å². The number of hydrogen-bond donors (Lipinski definition) is 1. The van der Waals surface area contributed by atoms with E-state index in [0.29, 0.717) is 6.04 Å². The van der Waals surface area contributed by atoms with Crippen molar-refractivity contribution in [2.24, 2.45) is 5.92 Å². The first kappa shape index (κ1) is 14.4. The molecule has 0 bridgehead atoms. The molecule has 0 aromatic heterocycles. The van der Waals surface area contributed by atoms with Crippen molar-refractivity contribution < 1.29 is 0 Å². The van der Waals surface area contributed by atoms with Crippen LogP contribution in [0, 0.1) is 9.49 Å². The van der Waals surface area contributed by atoms with E-state index in [9.17, 15) is 0 Å². The second kappa shape index (κ2) is 6.99. The Morgan fingerprint density at radius 2 is 2.11 bits per heavy atom. The molecule has 1 fully saturated rings. The standard InChI is InChI=1S/C15H21ClIN/c1-2-11-4-3-5-13(8-6-11)18-15-9-7-12(17)10-14(15)16/h7,9-11,13,18H,2-6,8H2,1H3. The molecule has 0 heterocycles. The molecule has 0 radical (unpaired) electrons. The average Bonchev–Trinajstić information content (AvgIpc) is 2.58. The Hall–Kier alpha value is 0.0400. The van der Waals surface area contributed by atoms with Gasteiger partial charge >= 0.3 is 0 Å². The van der Waals surface area contributed by atoms with Crippen LogP contribution in [-0.4, -0.2) is 6.04 Å². The molecule has 1 aliphatic rings. The lowest BCUT2D eigenvalue weighted by Crippen LogP contribution is -2.18. The summed E-state index contributed by atoms with van der Waals surface area (Å²) in [5, 5.41) is 4.47. The van der Waals surface area contributed by atoms with Crippen LogP contribution in [0.25, 0.3) is 0 Å². The van der Waals surface area contributed by atoms with Gasteiger partial charge in [0.25, 0.3) is 0 Å². The minimum absolute atomic E-state index is 0.596. The molecule has 1 saturated carbocycles. The number of hydrogen-bond acceptors (Lipinski definition) is 1. The molecule has 0 saturated heterocycles. The lowest BCUT2D eigenvalue weighted by Gasteiger charge is -2.19. The van der Waals surface area contributed by atoms with Crippen molar-refractivity contribution in [2.45, 2.75) is 51.5 Å². The number of nitrogens with one attached hydrogen (secondary N) is 1. The van der Waals surface area contributed by atoms with Crippen molar-refractivity contribution in [1.29, 1.82) is 0 Å². The molecular formula is C15H21ClIN. The molecule has 2 unspecified atom stereocenters. The Bertz CT molecular complexity index is 394. The molecule has 1 aromatic rings. The molecule has 0 amide bonds. The molecule has 1 N–H and O–H groups in total. The largest absolute Gasteiger partial charge is 0.381 e. The van der Waals surface area contributed by atoms with E-state index in [1.807, 2.05) is 6.07 Å². The molecule has 1 aromatic carbocycles. The number of rotatable bonds is 3. The van der Waals surface area contributed by atoms with Crippen LogP contribution in [0.2, 0.25) is 5.02 Å². The van der Waals surface area contributed by atoms with E-state index in [1.165, 1.54) is 42.1 Å². The van der Waals surface area contributed by atoms with Crippen LogP contribution in [0.1, 0.15) is 45.4 Å². The maximum Gasteiger partial charge on any atom is 0.0648 e. The molecule has 18 heavy (non-hydrogen) atoms. The second-order valence-corrected chi connectivity index (χ2v) is 6.90. The topological polar surface area (TPSA) is 12.0 Å². The van der Waals surface area contributed by atoms with Crippen LogP contribution in [0.4, 0.5) is 5.69 Å². The molecule has 1 aliphatic carbocycles. The summed E-state index contributed by atoms with van der Waals surface area (Å²) in [6, 6.07) is 6.84. The van der Waals surface area contributed by atoms with Gasteiger partial charge < -0.3 is 5.32 Å². The van der Waals surface area contributed by atoms with E-state index >= 15 is 0 Å². The predicted molar refractivity (Wildman–Crippen MR) is 88.4 cm³/mol. The summed E-state index contributed by atoms with van der Waals surface area (Å²) in [7, 11) is 0. The van der Waals surface area contributed by atoms with E-state index < -0.39 is 0 Å². The minimum atomic E-state index is 0.596. The SMILES string of the molecule is CCC1CCCC(Nc2ccc(I)cc2Cl)CC1. The molecule has 0 spiro atoms. The van der Waals surface area contributed by atoms with Gasteiger partial charge in [-0.25, -0.2) is 0 Å². The molecule has 100 valence electrons. The first-order chi connectivity index (χ1) is 8.69. The number of benzene rings is 1. The molecular weight excluding hydrogens is 357 g/mol. The van der Waals surface area contributed by atoms with Gasteiger partial charge in [-0.05, 0) is 66.0 Å². The zero-order chi connectivity index (χ0) is 13.0. The van der Waals surface area contributed by atoms with Gasteiger partial charge in [0.2, 0.25) is 0 Å². The summed E-state index contributed by atoms with van der Waals surface area (Å²) in [4.78, 5) is 0. The third-order valence-electron chi connectivity index (χ3n) is 3.96. The number of halogens is 2. The highest BCUT2D eigenvalue weighted by molar-refractivity contribution is 14.1. The van der Waals surface area contributed by atoms with Gasteiger partial charge in [0.05, 0.1) is 10.7 Å². The van der Waals surface area contributed by atoms with E-state index in [2.05, 4.69) is 47.0 Å². The van der Waals surface area contributed by atoms with Gasteiger partial charge in [-0.1, -0.05) is 37.8 Å². The smallest absolute Gasteiger partial charge is 0.0648 e. The van der Waals surface area contributed by atoms with E-state index in [1.54, 1.807) is 0 Å². The van der Waals surface area contributed by atoms with Crippen LogP contribution in [0.15, 0.2) is 18.2 Å². The van der Waals surface area contributed by atoms with Crippen LogP contribution in [0.3, 0.4) is 0 Å². The summed E-state index contributed by atoms with van der Waals surface area (Å²) < 4.78 is 1.19. The predicted octanol–water partition coefficient (Wildman–Crippen LogP) is 5.72. The normalized spacial score (nSPS) is 24.6. The summed E-state index contributed by atoms with van der Waals surface area (Å²) in [6.45, 7) is 2.31. The Labute approximate surface area is 129 Å². The van der Waals surface area contributed by atoms with Gasteiger partial charge in [-0.2, -0.15) is 0 Å². The van der Waals surface area contributed by atoms with Crippen LogP contribution in [0.5, 0.6) is 0 Å². The van der Waals surface area contributed by atoms with Crippen molar-refractivity contribution >= 4 is 39.9 Å². The molecule has 2 rings (SSSR count). The number of anilines is 1. The lowest BCUT2D eigenvalue weighted by molar-refractivity contribution is 0.444. The fraction of sp³-hybridized carbons (Fsp3) is 0.600. The van der Waals surface area contributed by atoms with E-state index in [4.69, 9.17) is 11.6 Å². The molecule has 2 atom stereocenters. The van der Waals surface area contributed by atoms with Crippen LogP contribution < -0.4 is 5.32 Å². The third-order valence-corrected chi connectivity index (χ3v) is 4.94. The molecule has 3 heteroatoms. The van der Waals surface area contributed by atoms with Gasteiger partial charge in [-0.3, -0.25) is 0 Å². The van der Waals surface area contributed by atoms with Crippen molar-refractivity contribution in [3.05, 3.63) is 26.8 Å². The first-order valence-corrected chi connectivity index (χ1v) is 8.36. The average molecular weight is 378 g/mol. The van der Waals surface area contributed by atoms with Crippen molar-refractivity contribution in [1.82, 2.24) is 0 Å². The van der Waals surface area contributed by atoms with E-state index in [0.717, 1.165) is 16.6 Å². The first-order valence-electron chi connectivity index (χ1n) is 6.90. The molecule has 0 aliphatic heterocycles. The highest BCUT2D eigenvalue weighted by atomic mass is 127. The van der Waals surface area contributed by atoms with Crippen molar-refractivity contribution in [3.8, 4) is 0 Å². The fourth-order valence-corrected chi connectivity index (χ4v) is 3.67. The van der Waals surface area contributed by atoms with Gasteiger partial charge in [0, 0.05) is 9.61 Å². The second-order valence-electron chi connectivity index (χ2n) is 5.25. The van der Waals surface area contributed by atoms with Crippen LogP contribution >= 0.6 is 34.2 Å². The zero-order valence-corrected chi connectivity index (χ0v) is 13.8. The summed E-state index contributed by atoms with van der Waals surface area (Å²) in [5.74, 6) is 0.934. The summed E-state index contributed by atoms with van der Waals surface area (Å²) in [6.07, 6.45) is 7.99. The fourth-order valence-electron chi connectivity index (χ4n) is 2.76. The maximum atomic E-state index is 6.28. The maximum absolute atomic E-state index is 6.28. The van der Waals surface area contributed by atoms with Gasteiger partial charge in [0.1, 0.15) is 0 Å². The summed E-state index contributed by atoms with van der Waals surface area (Å²) >= 11 is 8.57. The Morgan fingerprint density at radius 1 is 1.28 bits per heavy atom. The third kappa shape index (κ3) is 4.02. The van der Waals surface area contributed by atoms with Crippen molar-refractivity contribution in [3.63, 3.8) is 0 Å². The Morgan fingerprint density at radius 3 is 2.83 bits per heavy atom. The molecule has 1 nitrogen and oxygen atoms in total. The Balaban J connectivity index is 1.96. The van der Waals surface area contributed by atoms with Gasteiger partial charge in [0.15, 0.2) is 0 Å².